The second-order valence-electron chi connectivity index (χ2n) is 5.84. The van der Waals surface area contributed by atoms with Gasteiger partial charge in [-0.3, -0.25) is 10.0 Å². The number of methoxy groups -OCH3 is 1. The minimum atomic E-state index is -3.91. The van der Waals surface area contributed by atoms with Crippen molar-refractivity contribution < 1.29 is 23.2 Å². The van der Waals surface area contributed by atoms with E-state index in [1.165, 1.54) is 19.2 Å². The zero-order valence-corrected chi connectivity index (χ0v) is 15.8. The zero-order valence-electron chi connectivity index (χ0n) is 14.9. The minimum absolute atomic E-state index is 0.0650. The van der Waals surface area contributed by atoms with Gasteiger partial charge in [0.1, 0.15) is 5.75 Å². The molecule has 0 aliphatic carbocycles. The Kier molecular flexibility index (Phi) is 6.82. The minimum Gasteiger partial charge on any atom is -0.497 e. The molecule has 1 heterocycles. The van der Waals surface area contributed by atoms with Crippen molar-refractivity contribution in [2.24, 2.45) is 0 Å². The van der Waals surface area contributed by atoms with E-state index in [0.717, 1.165) is 11.5 Å². The van der Waals surface area contributed by atoms with Crippen LogP contribution in [0.4, 0.5) is 0 Å². The molecule has 26 heavy (non-hydrogen) atoms. The number of carbonyl (C=O) groups is 1. The predicted octanol–water partition coefficient (Wildman–Crippen LogP) is 2.25. The van der Waals surface area contributed by atoms with E-state index >= 15 is 0 Å². The molecule has 0 saturated heterocycles. The summed E-state index contributed by atoms with van der Waals surface area (Å²) in [7, 11) is -2.41. The molecule has 1 aliphatic heterocycles. The highest BCUT2D eigenvalue weighted by atomic mass is 32.2. The van der Waals surface area contributed by atoms with Gasteiger partial charge in [-0.05, 0) is 42.7 Å². The first-order valence-corrected chi connectivity index (χ1v) is 9.90. The van der Waals surface area contributed by atoms with Crippen LogP contribution in [-0.2, 0) is 14.6 Å². The Morgan fingerprint density at radius 3 is 2.62 bits per heavy atom. The molecule has 0 aromatic heterocycles. The first-order chi connectivity index (χ1) is 12.4. The van der Waals surface area contributed by atoms with E-state index in [2.05, 4.69) is 5.32 Å². The molecular weight excluding hydrogens is 356 g/mol. The topological polar surface area (TPSA) is 95.9 Å². The molecule has 0 fully saturated rings. The molecule has 2 N–H and O–H groups in total. The molecule has 0 radical (unpaired) electrons. The van der Waals surface area contributed by atoms with Gasteiger partial charge < -0.3 is 10.1 Å². The number of amides is 1. The summed E-state index contributed by atoms with van der Waals surface area (Å²) in [6.45, 7) is 2.29. The first kappa shape index (κ1) is 20.0. The summed E-state index contributed by atoms with van der Waals surface area (Å²) < 4.78 is 31.0. The van der Waals surface area contributed by atoms with Crippen LogP contribution < -0.4 is 10.1 Å². The number of hydrogen-bond donors (Lipinski definition) is 2. The molecule has 1 aliphatic rings. The van der Waals surface area contributed by atoms with Crippen molar-refractivity contribution in [1.29, 1.82) is 0 Å². The van der Waals surface area contributed by atoms with E-state index in [9.17, 15) is 18.4 Å². The first-order valence-electron chi connectivity index (χ1n) is 8.42. The predicted molar refractivity (Wildman–Crippen MR) is 97.4 cm³/mol. The van der Waals surface area contributed by atoms with Crippen molar-refractivity contribution in [3.05, 3.63) is 47.0 Å². The van der Waals surface area contributed by atoms with Crippen molar-refractivity contribution in [2.75, 3.05) is 20.2 Å². The van der Waals surface area contributed by atoms with Crippen LogP contribution in [0.1, 0.15) is 26.2 Å². The second-order valence-corrected chi connectivity index (χ2v) is 7.71. The molecule has 1 aromatic carbocycles. The Balaban J connectivity index is 2.28. The number of sulfone groups is 1. The van der Waals surface area contributed by atoms with Crippen LogP contribution in [0.5, 0.6) is 5.75 Å². The quantitative estimate of drug-likeness (QED) is 0.718. The maximum atomic E-state index is 13.0. The Hall–Kier alpha value is -2.32. The number of hydrogen-bond acceptors (Lipinski definition) is 6. The number of allylic oxidation sites excluding steroid dienone is 1. The highest BCUT2D eigenvalue weighted by Gasteiger charge is 2.29. The Labute approximate surface area is 153 Å². The molecule has 8 heteroatoms. The zero-order chi connectivity index (χ0) is 19.2. The average Bonchev–Trinajstić information content (AvgIpc) is 2.62. The molecule has 0 atom stereocenters. The van der Waals surface area contributed by atoms with Crippen molar-refractivity contribution in [3.8, 4) is 5.75 Å². The molecular formula is C18H24N2O5S. The molecule has 0 saturated carbocycles. The van der Waals surface area contributed by atoms with E-state index in [0.29, 0.717) is 30.7 Å². The molecule has 0 unspecified atom stereocenters. The Bertz CT molecular complexity index is 797. The van der Waals surface area contributed by atoms with Gasteiger partial charge in [0.05, 0.1) is 18.6 Å². The number of nitrogens with one attached hydrogen (secondary N) is 1. The van der Waals surface area contributed by atoms with Crippen LogP contribution in [0.15, 0.2) is 51.9 Å². The van der Waals surface area contributed by atoms with Crippen LogP contribution in [0.3, 0.4) is 0 Å². The number of ether oxygens (including phenoxy) is 1. The summed E-state index contributed by atoms with van der Waals surface area (Å²) in [5.74, 6) is 0.467. The normalized spacial score (nSPS) is 14.5. The van der Waals surface area contributed by atoms with Crippen LogP contribution in [0.25, 0.3) is 0 Å². The highest BCUT2D eigenvalue weighted by Crippen LogP contribution is 2.29. The Morgan fingerprint density at radius 2 is 2.00 bits per heavy atom. The maximum absolute atomic E-state index is 13.0. The lowest BCUT2D eigenvalue weighted by molar-refractivity contribution is -0.121. The smallest absolute Gasteiger partial charge is 0.224 e. The lowest BCUT2D eigenvalue weighted by Gasteiger charge is -2.25. The van der Waals surface area contributed by atoms with Crippen molar-refractivity contribution in [2.45, 2.75) is 31.1 Å². The maximum Gasteiger partial charge on any atom is 0.224 e. The highest BCUT2D eigenvalue weighted by molar-refractivity contribution is 7.95. The SMILES string of the molecule is CCCC(=O)NCCC1=C(S(=O)(=O)c2ccc(OC)cc2)N(O)CC=C1. The third kappa shape index (κ3) is 4.64. The van der Waals surface area contributed by atoms with Gasteiger partial charge in [0.2, 0.25) is 15.7 Å². The number of rotatable bonds is 8. The summed E-state index contributed by atoms with van der Waals surface area (Å²) >= 11 is 0. The molecule has 1 amide bonds. The fourth-order valence-corrected chi connectivity index (χ4v) is 4.22. The van der Waals surface area contributed by atoms with Crippen molar-refractivity contribution in [3.63, 3.8) is 0 Å². The lowest BCUT2D eigenvalue weighted by atomic mass is 10.1. The summed E-state index contributed by atoms with van der Waals surface area (Å²) in [5.41, 5.74) is 0.450. The van der Waals surface area contributed by atoms with Gasteiger partial charge in [-0.1, -0.05) is 19.1 Å². The fraction of sp³-hybridized carbons (Fsp3) is 0.389. The van der Waals surface area contributed by atoms with E-state index in [4.69, 9.17) is 4.74 Å². The lowest BCUT2D eigenvalue weighted by Crippen LogP contribution is -2.30. The third-order valence-corrected chi connectivity index (χ3v) is 5.80. The van der Waals surface area contributed by atoms with E-state index in [1.54, 1.807) is 24.3 Å². The molecule has 0 bridgehead atoms. The number of nitrogens with zero attached hydrogens (tertiary/aromatic N) is 1. The number of carbonyl (C=O) groups excluding carboxylic acids is 1. The second kappa shape index (κ2) is 8.86. The third-order valence-electron chi connectivity index (χ3n) is 3.92. The van der Waals surface area contributed by atoms with Crippen LogP contribution in [-0.4, -0.2) is 44.8 Å². The van der Waals surface area contributed by atoms with Crippen LogP contribution in [0, 0.1) is 0 Å². The van der Waals surface area contributed by atoms with Crippen LogP contribution >= 0.6 is 0 Å². The standard InChI is InChI=1S/C18H24N2O5S/c1-3-5-17(21)19-12-11-14-6-4-13-20(22)18(14)26(23,24)16-9-7-15(25-2)8-10-16/h4,6-10,22H,3,5,11-13H2,1-2H3,(H,19,21). The summed E-state index contributed by atoms with van der Waals surface area (Å²) in [4.78, 5) is 11.6. The fourth-order valence-electron chi connectivity index (χ4n) is 2.63. The molecule has 142 valence electrons. The van der Waals surface area contributed by atoms with Gasteiger partial charge in [-0.15, -0.1) is 0 Å². The number of benzene rings is 1. The van der Waals surface area contributed by atoms with Gasteiger partial charge in [-0.2, -0.15) is 0 Å². The molecule has 1 aromatic rings. The van der Waals surface area contributed by atoms with Crippen molar-refractivity contribution in [1.82, 2.24) is 10.4 Å². The molecule has 2 rings (SSSR count). The van der Waals surface area contributed by atoms with Gasteiger partial charge >= 0.3 is 0 Å². The summed E-state index contributed by atoms with van der Waals surface area (Å²) in [6.07, 6.45) is 4.83. The van der Waals surface area contributed by atoms with Crippen molar-refractivity contribution >= 4 is 15.7 Å². The Morgan fingerprint density at radius 1 is 1.31 bits per heavy atom. The van der Waals surface area contributed by atoms with Gasteiger partial charge in [0.25, 0.3) is 0 Å². The summed E-state index contributed by atoms with van der Waals surface area (Å²) in [5, 5.41) is 13.5. The van der Waals surface area contributed by atoms with Gasteiger partial charge in [0, 0.05) is 13.0 Å². The number of hydroxylamine groups is 2. The average molecular weight is 380 g/mol. The molecule has 0 spiro atoms. The van der Waals surface area contributed by atoms with E-state index in [1.807, 2.05) is 6.92 Å². The van der Waals surface area contributed by atoms with Crippen LogP contribution in [0.2, 0.25) is 0 Å². The van der Waals surface area contributed by atoms with E-state index < -0.39 is 9.84 Å². The largest absolute Gasteiger partial charge is 0.497 e. The summed E-state index contributed by atoms with van der Waals surface area (Å²) in [6, 6.07) is 5.98. The van der Waals surface area contributed by atoms with E-state index in [-0.39, 0.29) is 22.4 Å². The van der Waals surface area contributed by atoms with Gasteiger partial charge in [0.15, 0.2) is 5.03 Å². The monoisotopic (exact) mass is 380 g/mol. The molecule has 7 nitrogen and oxygen atoms in total. The van der Waals surface area contributed by atoms with Gasteiger partial charge in [-0.25, -0.2) is 13.5 Å².